The lowest BCUT2D eigenvalue weighted by atomic mass is 9.94. The number of allylic oxidation sites excluding steroid dienone is 1. The van der Waals surface area contributed by atoms with Crippen molar-refractivity contribution in [2.45, 2.75) is 19.4 Å². The van der Waals surface area contributed by atoms with Crippen LogP contribution < -0.4 is 10.2 Å². The van der Waals surface area contributed by atoms with Crippen LogP contribution in [-0.2, 0) is 11.3 Å². The van der Waals surface area contributed by atoms with Crippen LogP contribution in [0, 0.1) is 5.82 Å². The first-order valence-corrected chi connectivity index (χ1v) is 12.2. The number of morpholine rings is 1. The van der Waals surface area contributed by atoms with E-state index in [1.54, 1.807) is 6.07 Å². The van der Waals surface area contributed by atoms with Crippen molar-refractivity contribution in [3.8, 4) is 11.1 Å². The average Bonchev–Trinajstić information content (AvgIpc) is 3.41. The Morgan fingerprint density at radius 3 is 2.47 bits per heavy atom. The summed E-state index contributed by atoms with van der Waals surface area (Å²) in [7, 11) is 0. The average molecular weight is 485 g/mol. The van der Waals surface area contributed by atoms with Gasteiger partial charge in [0.25, 0.3) is 11.8 Å². The van der Waals surface area contributed by atoms with Crippen LogP contribution in [0.2, 0.25) is 0 Å². The Hall–Kier alpha value is -3.97. The van der Waals surface area contributed by atoms with Crippen molar-refractivity contribution < 1.29 is 13.7 Å². The number of benzene rings is 3. The predicted octanol–water partition coefficient (Wildman–Crippen LogP) is 5.65. The summed E-state index contributed by atoms with van der Waals surface area (Å²) in [4.78, 5) is 6.62. The van der Waals surface area contributed by atoms with E-state index >= 15 is 4.39 Å². The van der Waals surface area contributed by atoms with Gasteiger partial charge in [0, 0.05) is 42.9 Å². The summed E-state index contributed by atoms with van der Waals surface area (Å²) in [6.07, 6.45) is 1.85. The lowest BCUT2D eigenvalue weighted by Crippen LogP contribution is -2.36. The summed E-state index contributed by atoms with van der Waals surface area (Å²) >= 11 is 0. The van der Waals surface area contributed by atoms with Gasteiger partial charge in [0.05, 0.1) is 13.2 Å². The van der Waals surface area contributed by atoms with Crippen molar-refractivity contribution in [3.63, 3.8) is 0 Å². The second-order valence-corrected chi connectivity index (χ2v) is 8.80. The Balaban J connectivity index is 1.42. The molecule has 1 aliphatic rings. The highest BCUT2D eigenvalue weighted by atomic mass is 19.1. The molecule has 3 aromatic carbocycles. The number of hydrogen-bond donors (Lipinski definition) is 1. The number of nitrogens with zero attached hydrogens (tertiary/aromatic N) is 3. The summed E-state index contributed by atoms with van der Waals surface area (Å²) in [5.41, 5.74) is 4.30. The van der Waals surface area contributed by atoms with Gasteiger partial charge in [-0.2, -0.15) is 4.98 Å². The molecule has 1 aromatic heterocycles. The van der Waals surface area contributed by atoms with E-state index < -0.39 is 0 Å². The van der Waals surface area contributed by atoms with Crippen LogP contribution in [0.25, 0.3) is 17.2 Å². The first kappa shape index (κ1) is 23.8. The molecule has 184 valence electrons. The third-order valence-electron chi connectivity index (χ3n) is 6.39. The maximum atomic E-state index is 15.2. The molecule has 1 fully saturated rings. The van der Waals surface area contributed by atoms with E-state index in [0.29, 0.717) is 37.2 Å². The lowest BCUT2D eigenvalue weighted by Gasteiger charge is -2.24. The van der Waals surface area contributed by atoms with Crippen molar-refractivity contribution in [1.82, 2.24) is 15.5 Å². The van der Waals surface area contributed by atoms with Crippen LogP contribution in [0.5, 0.6) is 0 Å². The largest absolute Gasteiger partial charge is 0.384 e. The highest BCUT2D eigenvalue weighted by molar-refractivity contribution is 5.64. The molecule has 5 rings (SSSR count). The molecular formula is C29H29FN4O2. The maximum Gasteiger partial charge on any atom is 0.266 e. The minimum atomic E-state index is -0.250. The molecule has 36 heavy (non-hydrogen) atoms. The molecule has 0 radical (unpaired) electrons. The van der Waals surface area contributed by atoms with E-state index in [0.717, 1.165) is 35.5 Å². The maximum absolute atomic E-state index is 15.2. The van der Waals surface area contributed by atoms with Gasteiger partial charge in [-0.05, 0) is 27.9 Å². The van der Waals surface area contributed by atoms with Crippen molar-refractivity contribution in [2.75, 3.05) is 31.2 Å². The number of aromatic nitrogens is 2. The van der Waals surface area contributed by atoms with E-state index in [1.807, 2.05) is 78.6 Å². The fraction of sp³-hybridized carbons (Fsp3) is 0.241. The van der Waals surface area contributed by atoms with E-state index in [-0.39, 0.29) is 11.7 Å². The Bertz CT molecular complexity index is 1300. The van der Waals surface area contributed by atoms with Gasteiger partial charge in [0.15, 0.2) is 0 Å². The van der Waals surface area contributed by atoms with Crippen LogP contribution in [0.15, 0.2) is 89.1 Å². The zero-order valence-electron chi connectivity index (χ0n) is 20.2. The molecular weight excluding hydrogens is 455 g/mol. The Labute approximate surface area is 210 Å². The Morgan fingerprint density at radius 2 is 1.75 bits per heavy atom. The zero-order valence-corrected chi connectivity index (χ0v) is 20.2. The van der Waals surface area contributed by atoms with E-state index in [2.05, 4.69) is 27.6 Å². The standard InChI is InChI=1S/C29H29FN4O2/c1-21(24-12-13-25(26(30)18-24)23-10-6-3-7-11-23)27(31-20-22-8-4-2-5-9-22)19-28-32-29(33-36-28)34-14-16-35-17-15-34/h2-13,18-19,21,31H,14-17,20H2,1H3. The monoisotopic (exact) mass is 484 g/mol. The fourth-order valence-electron chi connectivity index (χ4n) is 4.27. The lowest BCUT2D eigenvalue weighted by molar-refractivity contribution is 0.121. The third-order valence-corrected chi connectivity index (χ3v) is 6.39. The second-order valence-electron chi connectivity index (χ2n) is 8.80. The number of anilines is 1. The van der Waals surface area contributed by atoms with Gasteiger partial charge >= 0.3 is 0 Å². The van der Waals surface area contributed by atoms with Crippen molar-refractivity contribution in [3.05, 3.63) is 107 Å². The van der Waals surface area contributed by atoms with Gasteiger partial charge in [-0.1, -0.05) is 79.7 Å². The summed E-state index contributed by atoms with van der Waals surface area (Å²) in [5.74, 6) is 0.574. The van der Waals surface area contributed by atoms with Crippen LogP contribution in [-0.4, -0.2) is 36.4 Å². The molecule has 6 nitrogen and oxygen atoms in total. The van der Waals surface area contributed by atoms with Crippen molar-refractivity contribution in [1.29, 1.82) is 0 Å². The molecule has 0 bridgehead atoms. The third kappa shape index (κ3) is 5.63. The predicted molar refractivity (Wildman–Crippen MR) is 139 cm³/mol. The molecule has 7 heteroatoms. The summed E-state index contributed by atoms with van der Waals surface area (Å²) in [6, 6.07) is 25.1. The SMILES string of the molecule is CC(C(=Cc1nc(N2CCOCC2)no1)NCc1ccccc1)c1ccc(-c2ccccc2)c(F)c1. The molecule has 0 aliphatic carbocycles. The molecule has 1 aliphatic heterocycles. The normalized spacial score (nSPS) is 15.1. The molecule has 1 atom stereocenters. The van der Waals surface area contributed by atoms with Crippen LogP contribution in [0.4, 0.5) is 10.3 Å². The van der Waals surface area contributed by atoms with Gasteiger partial charge < -0.3 is 19.5 Å². The van der Waals surface area contributed by atoms with Gasteiger partial charge in [0.1, 0.15) is 5.82 Å². The molecule has 0 spiro atoms. The van der Waals surface area contributed by atoms with Crippen LogP contribution in [0.1, 0.15) is 29.9 Å². The topological polar surface area (TPSA) is 63.4 Å². The van der Waals surface area contributed by atoms with Crippen molar-refractivity contribution in [2.24, 2.45) is 0 Å². The fourth-order valence-corrected chi connectivity index (χ4v) is 4.27. The molecule has 4 aromatic rings. The quantitative estimate of drug-likeness (QED) is 0.349. The second kappa shape index (κ2) is 11.2. The number of ether oxygens (including phenoxy) is 1. The number of rotatable bonds is 8. The molecule has 2 heterocycles. The highest BCUT2D eigenvalue weighted by Gasteiger charge is 2.19. The molecule has 0 amide bonds. The number of hydrogen-bond acceptors (Lipinski definition) is 6. The van der Waals surface area contributed by atoms with Gasteiger partial charge in [-0.25, -0.2) is 4.39 Å². The number of nitrogens with one attached hydrogen (secondary N) is 1. The highest BCUT2D eigenvalue weighted by Crippen LogP contribution is 2.30. The van der Waals surface area contributed by atoms with E-state index in [1.165, 1.54) is 0 Å². The van der Waals surface area contributed by atoms with E-state index in [9.17, 15) is 0 Å². The number of halogens is 1. The van der Waals surface area contributed by atoms with Crippen LogP contribution in [0.3, 0.4) is 0 Å². The molecule has 1 N–H and O–H groups in total. The van der Waals surface area contributed by atoms with E-state index in [4.69, 9.17) is 9.26 Å². The van der Waals surface area contributed by atoms with Crippen molar-refractivity contribution >= 4 is 12.0 Å². The summed E-state index contributed by atoms with van der Waals surface area (Å²) < 4.78 is 26.1. The molecule has 0 saturated carbocycles. The summed E-state index contributed by atoms with van der Waals surface area (Å²) in [5, 5.41) is 7.67. The minimum Gasteiger partial charge on any atom is -0.384 e. The summed E-state index contributed by atoms with van der Waals surface area (Å²) in [6.45, 7) is 5.40. The van der Waals surface area contributed by atoms with Gasteiger partial charge in [-0.3, -0.25) is 0 Å². The first-order chi connectivity index (χ1) is 17.7. The molecule has 1 unspecified atom stereocenters. The van der Waals surface area contributed by atoms with Gasteiger partial charge in [-0.15, -0.1) is 0 Å². The first-order valence-electron chi connectivity index (χ1n) is 12.2. The minimum absolute atomic E-state index is 0.133. The Kier molecular flexibility index (Phi) is 7.38. The van der Waals surface area contributed by atoms with Crippen LogP contribution >= 0.6 is 0 Å². The zero-order chi connectivity index (χ0) is 24.7. The Morgan fingerprint density at radius 1 is 1.03 bits per heavy atom. The van der Waals surface area contributed by atoms with Gasteiger partial charge in [0.2, 0.25) is 0 Å². The smallest absolute Gasteiger partial charge is 0.266 e. The molecule has 1 saturated heterocycles.